The normalized spacial score (nSPS) is 15.9. The average Bonchev–Trinajstić information content (AvgIpc) is 2.14. The van der Waals surface area contributed by atoms with Crippen LogP contribution in [0.5, 0.6) is 0 Å². The Morgan fingerprint density at radius 3 is 2.27 bits per heavy atom. The van der Waals surface area contributed by atoms with Gasteiger partial charge in [-0.1, -0.05) is 20.8 Å². The van der Waals surface area contributed by atoms with E-state index in [4.69, 9.17) is 0 Å². The minimum atomic E-state index is -0.783. The molecule has 0 saturated heterocycles. The fraction of sp³-hybridized carbons (Fsp3) is 0.909. The van der Waals surface area contributed by atoms with E-state index in [0.717, 1.165) is 0 Å². The fourth-order valence-electron chi connectivity index (χ4n) is 1.29. The fourth-order valence-corrected chi connectivity index (χ4v) is 1.29. The van der Waals surface area contributed by atoms with Crippen molar-refractivity contribution in [3.05, 3.63) is 0 Å². The van der Waals surface area contributed by atoms with E-state index < -0.39 is 12.2 Å². The van der Waals surface area contributed by atoms with E-state index in [1.54, 1.807) is 0 Å². The highest BCUT2D eigenvalue weighted by Crippen LogP contribution is 2.23. The topological polar surface area (TPSA) is 66.8 Å². The predicted molar refractivity (Wildman–Crippen MR) is 57.3 cm³/mol. The van der Waals surface area contributed by atoms with Crippen LogP contribution in [-0.2, 0) is 9.53 Å². The molecule has 0 saturated carbocycles. The van der Waals surface area contributed by atoms with Crippen molar-refractivity contribution in [3.63, 3.8) is 0 Å². The van der Waals surface area contributed by atoms with Gasteiger partial charge in [-0.05, 0) is 18.3 Å². The first-order chi connectivity index (χ1) is 6.79. The molecular formula is C11H22O4. The summed E-state index contributed by atoms with van der Waals surface area (Å²) in [6, 6.07) is 0. The molecule has 0 radical (unpaired) electrons. The van der Waals surface area contributed by atoms with Gasteiger partial charge < -0.3 is 14.9 Å². The van der Waals surface area contributed by atoms with Gasteiger partial charge in [0.1, 0.15) is 0 Å². The summed E-state index contributed by atoms with van der Waals surface area (Å²) in [6.45, 7) is 5.59. The van der Waals surface area contributed by atoms with Gasteiger partial charge in [-0.2, -0.15) is 0 Å². The van der Waals surface area contributed by atoms with Crippen molar-refractivity contribution in [2.45, 2.75) is 52.2 Å². The molecular weight excluding hydrogens is 196 g/mol. The van der Waals surface area contributed by atoms with Crippen LogP contribution < -0.4 is 0 Å². The van der Waals surface area contributed by atoms with Crippen LogP contribution in [-0.4, -0.2) is 35.5 Å². The number of hydrogen-bond donors (Lipinski definition) is 2. The third-order valence-electron chi connectivity index (χ3n) is 2.36. The van der Waals surface area contributed by atoms with Crippen molar-refractivity contribution in [3.8, 4) is 0 Å². The van der Waals surface area contributed by atoms with Gasteiger partial charge in [-0.15, -0.1) is 0 Å². The number of hydrogen-bond acceptors (Lipinski definition) is 4. The molecule has 2 atom stereocenters. The van der Waals surface area contributed by atoms with E-state index in [9.17, 15) is 15.0 Å². The van der Waals surface area contributed by atoms with Crippen LogP contribution in [0.3, 0.4) is 0 Å². The van der Waals surface area contributed by atoms with E-state index in [0.29, 0.717) is 12.8 Å². The molecule has 0 aromatic heterocycles. The first-order valence-electron chi connectivity index (χ1n) is 5.22. The number of rotatable bonds is 5. The van der Waals surface area contributed by atoms with Crippen LogP contribution >= 0.6 is 0 Å². The average molecular weight is 218 g/mol. The van der Waals surface area contributed by atoms with Gasteiger partial charge in [0.25, 0.3) is 0 Å². The van der Waals surface area contributed by atoms with E-state index >= 15 is 0 Å². The molecule has 2 N–H and O–H groups in total. The second-order valence-electron chi connectivity index (χ2n) is 4.85. The van der Waals surface area contributed by atoms with E-state index in [-0.39, 0.29) is 17.8 Å². The molecule has 0 aliphatic heterocycles. The Morgan fingerprint density at radius 1 is 1.33 bits per heavy atom. The van der Waals surface area contributed by atoms with Gasteiger partial charge in [-0.25, -0.2) is 0 Å². The van der Waals surface area contributed by atoms with Crippen molar-refractivity contribution >= 4 is 5.97 Å². The maximum Gasteiger partial charge on any atom is 0.305 e. The summed E-state index contributed by atoms with van der Waals surface area (Å²) >= 11 is 0. The molecule has 0 bridgehead atoms. The molecule has 0 aromatic carbocycles. The lowest BCUT2D eigenvalue weighted by Crippen LogP contribution is -2.37. The minimum Gasteiger partial charge on any atom is -0.469 e. The van der Waals surface area contributed by atoms with E-state index in [1.165, 1.54) is 7.11 Å². The zero-order chi connectivity index (χ0) is 12.1. The smallest absolute Gasteiger partial charge is 0.305 e. The highest BCUT2D eigenvalue weighted by Gasteiger charge is 2.28. The SMILES string of the molecule is COC(=O)CCC[C@@H](O)[C@@H](O)C(C)(C)C. The molecule has 15 heavy (non-hydrogen) atoms. The summed E-state index contributed by atoms with van der Waals surface area (Å²) in [6.07, 6.45) is -0.330. The molecule has 0 aliphatic rings. The lowest BCUT2D eigenvalue weighted by Gasteiger charge is -2.29. The first kappa shape index (κ1) is 14.4. The van der Waals surface area contributed by atoms with Crippen LogP contribution in [0.1, 0.15) is 40.0 Å². The summed E-state index contributed by atoms with van der Waals surface area (Å²) < 4.78 is 4.48. The van der Waals surface area contributed by atoms with Gasteiger partial charge in [0, 0.05) is 6.42 Å². The highest BCUT2D eigenvalue weighted by molar-refractivity contribution is 5.68. The van der Waals surface area contributed by atoms with Crippen molar-refractivity contribution in [2.75, 3.05) is 7.11 Å². The van der Waals surface area contributed by atoms with E-state index in [1.807, 2.05) is 20.8 Å². The predicted octanol–water partition coefficient (Wildman–Crippen LogP) is 1.10. The second-order valence-corrected chi connectivity index (χ2v) is 4.85. The number of esters is 1. The van der Waals surface area contributed by atoms with Crippen molar-refractivity contribution in [1.29, 1.82) is 0 Å². The second kappa shape index (κ2) is 6.08. The minimum absolute atomic E-state index is 0.282. The number of ether oxygens (including phenoxy) is 1. The Bertz CT molecular complexity index is 195. The highest BCUT2D eigenvalue weighted by atomic mass is 16.5. The molecule has 0 rings (SSSR count). The standard InChI is InChI=1S/C11H22O4/c1-11(2,3)10(14)8(12)6-5-7-9(13)15-4/h8,10,12,14H,5-7H2,1-4H3/t8-,10-/m1/s1. The summed E-state index contributed by atoms with van der Waals surface area (Å²) in [7, 11) is 1.34. The van der Waals surface area contributed by atoms with Crippen molar-refractivity contribution < 1.29 is 19.7 Å². The molecule has 0 heterocycles. The molecule has 0 spiro atoms. The third-order valence-corrected chi connectivity index (χ3v) is 2.36. The molecule has 4 nitrogen and oxygen atoms in total. The van der Waals surface area contributed by atoms with E-state index in [2.05, 4.69) is 4.74 Å². The lowest BCUT2D eigenvalue weighted by atomic mass is 9.84. The van der Waals surface area contributed by atoms with Gasteiger partial charge in [-0.3, -0.25) is 4.79 Å². The Morgan fingerprint density at radius 2 is 1.87 bits per heavy atom. The van der Waals surface area contributed by atoms with Crippen LogP contribution in [0.4, 0.5) is 0 Å². The Kier molecular flexibility index (Phi) is 5.83. The largest absolute Gasteiger partial charge is 0.469 e. The van der Waals surface area contributed by atoms with Crippen LogP contribution in [0.2, 0.25) is 0 Å². The lowest BCUT2D eigenvalue weighted by molar-refractivity contribution is -0.141. The summed E-state index contributed by atoms with van der Waals surface area (Å²) in [4.78, 5) is 10.8. The van der Waals surface area contributed by atoms with Crippen molar-refractivity contribution in [1.82, 2.24) is 0 Å². The first-order valence-corrected chi connectivity index (χ1v) is 5.22. The van der Waals surface area contributed by atoms with Crippen LogP contribution in [0.15, 0.2) is 0 Å². The molecule has 90 valence electrons. The Balaban J connectivity index is 3.84. The summed E-state index contributed by atoms with van der Waals surface area (Å²) in [5.74, 6) is -0.285. The molecule has 4 heteroatoms. The van der Waals surface area contributed by atoms with Crippen LogP contribution in [0, 0.1) is 5.41 Å². The zero-order valence-corrected chi connectivity index (χ0v) is 9.99. The summed E-state index contributed by atoms with van der Waals surface area (Å²) in [5, 5.41) is 19.3. The maximum atomic E-state index is 10.8. The van der Waals surface area contributed by atoms with Gasteiger partial charge >= 0.3 is 5.97 Å². The number of aliphatic hydroxyl groups excluding tert-OH is 2. The monoisotopic (exact) mass is 218 g/mol. The number of carbonyl (C=O) groups is 1. The molecule has 0 aromatic rings. The maximum absolute atomic E-state index is 10.8. The Hall–Kier alpha value is -0.610. The summed E-state index contributed by atoms with van der Waals surface area (Å²) in [5.41, 5.74) is -0.343. The molecule has 0 aliphatic carbocycles. The molecule has 0 fully saturated rings. The van der Waals surface area contributed by atoms with Gasteiger partial charge in [0.15, 0.2) is 0 Å². The van der Waals surface area contributed by atoms with Gasteiger partial charge in [0.2, 0.25) is 0 Å². The molecule has 0 amide bonds. The number of carbonyl (C=O) groups excluding carboxylic acids is 1. The quantitative estimate of drug-likeness (QED) is 0.678. The van der Waals surface area contributed by atoms with Crippen LogP contribution in [0.25, 0.3) is 0 Å². The Labute approximate surface area is 91.3 Å². The zero-order valence-electron chi connectivity index (χ0n) is 9.99. The van der Waals surface area contributed by atoms with Crippen molar-refractivity contribution in [2.24, 2.45) is 5.41 Å². The number of methoxy groups -OCH3 is 1. The van der Waals surface area contributed by atoms with Gasteiger partial charge in [0.05, 0.1) is 19.3 Å². The third kappa shape index (κ3) is 5.74. The molecule has 0 unspecified atom stereocenters. The number of aliphatic hydroxyl groups is 2.